The predicted molar refractivity (Wildman–Crippen MR) is 109 cm³/mol. The third kappa shape index (κ3) is 5.16. The van der Waals surface area contributed by atoms with Crippen LogP contribution in [0.15, 0.2) is 34.7 Å². The van der Waals surface area contributed by atoms with Gasteiger partial charge in [0.2, 0.25) is 0 Å². The van der Waals surface area contributed by atoms with Crippen molar-refractivity contribution in [3.63, 3.8) is 0 Å². The van der Waals surface area contributed by atoms with Gasteiger partial charge in [0.25, 0.3) is 11.6 Å². The third-order valence-corrected chi connectivity index (χ3v) is 5.05. The number of rotatable bonds is 7. The fourth-order valence-electron chi connectivity index (χ4n) is 3.41. The van der Waals surface area contributed by atoms with Gasteiger partial charge in [-0.1, -0.05) is 0 Å². The molecule has 9 heteroatoms. The van der Waals surface area contributed by atoms with Gasteiger partial charge in [0.15, 0.2) is 6.61 Å². The molecule has 160 valence electrons. The van der Waals surface area contributed by atoms with E-state index in [9.17, 15) is 19.7 Å². The van der Waals surface area contributed by atoms with Crippen molar-refractivity contribution in [1.82, 2.24) is 4.90 Å². The number of hydrogen-bond acceptors (Lipinski definition) is 7. The molecule has 0 unspecified atom stereocenters. The molecule has 2 aromatic rings. The molecular formula is C21H25N3O6. The molecule has 0 spiro atoms. The van der Waals surface area contributed by atoms with E-state index in [-0.39, 0.29) is 17.8 Å². The van der Waals surface area contributed by atoms with Crippen LogP contribution in [0.1, 0.15) is 41.1 Å². The highest BCUT2D eigenvalue weighted by Crippen LogP contribution is 2.31. The number of piperidine rings is 1. The predicted octanol–water partition coefficient (Wildman–Crippen LogP) is 3.30. The molecule has 3 rings (SSSR count). The maximum Gasteiger partial charge on any atom is 0.338 e. The van der Waals surface area contributed by atoms with Gasteiger partial charge in [-0.2, -0.15) is 0 Å². The summed E-state index contributed by atoms with van der Waals surface area (Å²) in [7, 11) is 1.58. The fourth-order valence-corrected chi connectivity index (χ4v) is 3.41. The van der Waals surface area contributed by atoms with Crippen molar-refractivity contribution in [3.05, 3.63) is 57.5 Å². The number of hydrogen-bond donors (Lipinski definition) is 0. The molecule has 1 aliphatic rings. The first-order valence-electron chi connectivity index (χ1n) is 9.85. The van der Waals surface area contributed by atoms with E-state index in [1.165, 1.54) is 17.0 Å². The standard InChI is InChI=1S/C21H25N3O6/c1-15-6-8-17(30-15)13-22(2)20(25)14-29-21(26)16-7-9-18(19(12-16)24(27)28)23-10-4-3-5-11-23/h6-9,12H,3-5,10-11,13-14H2,1-2H3. The maximum atomic E-state index is 12.3. The number of furan rings is 1. The lowest BCUT2D eigenvalue weighted by Crippen LogP contribution is -2.31. The largest absolute Gasteiger partial charge is 0.464 e. The van der Waals surface area contributed by atoms with E-state index in [0.717, 1.165) is 38.1 Å². The Morgan fingerprint density at radius 1 is 1.20 bits per heavy atom. The lowest BCUT2D eigenvalue weighted by molar-refractivity contribution is -0.384. The Morgan fingerprint density at radius 3 is 2.57 bits per heavy atom. The second-order valence-electron chi connectivity index (χ2n) is 7.35. The first-order chi connectivity index (χ1) is 14.3. The molecule has 2 heterocycles. The number of amides is 1. The van der Waals surface area contributed by atoms with E-state index in [4.69, 9.17) is 9.15 Å². The molecule has 0 N–H and O–H groups in total. The molecule has 1 saturated heterocycles. The number of esters is 1. The Morgan fingerprint density at radius 2 is 1.93 bits per heavy atom. The van der Waals surface area contributed by atoms with Crippen molar-refractivity contribution in [3.8, 4) is 0 Å². The fraction of sp³-hybridized carbons (Fsp3) is 0.429. The van der Waals surface area contributed by atoms with Gasteiger partial charge in [0.05, 0.1) is 17.0 Å². The summed E-state index contributed by atoms with van der Waals surface area (Å²) >= 11 is 0. The molecule has 1 aliphatic heterocycles. The molecule has 1 amide bonds. The van der Waals surface area contributed by atoms with Gasteiger partial charge >= 0.3 is 5.97 Å². The molecule has 0 bridgehead atoms. The van der Waals surface area contributed by atoms with Crippen molar-refractivity contribution < 1.29 is 23.7 Å². The summed E-state index contributed by atoms with van der Waals surface area (Å²) in [6, 6.07) is 7.86. The lowest BCUT2D eigenvalue weighted by Gasteiger charge is -2.28. The van der Waals surface area contributed by atoms with Gasteiger partial charge in [-0.15, -0.1) is 0 Å². The molecule has 0 radical (unpaired) electrons. The van der Waals surface area contributed by atoms with Gasteiger partial charge < -0.3 is 19.0 Å². The summed E-state index contributed by atoms with van der Waals surface area (Å²) in [5.74, 6) is 0.182. The van der Waals surface area contributed by atoms with Crippen LogP contribution in [0.3, 0.4) is 0 Å². The van der Waals surface area contributed by atoms with Crippen molar-refractivity contribution in [1.29, 1.82) is 0 Å². The number of ether oxygens (including phenoxy) is 1. The van der Waals surface area contributed by atoms with Crippen LogP contribution in [0.4, 0.5) is 11.4 Å². The number of nitro groups is 1. The number of carbonyl (C=O) groups is 2. The van der Waals surface area contributed by atoms with Gasteiger partial charge in [-0.25, -0.2) is 4.79 Å². The lowest BCUT2D eigenvalue weighted by atomic mass is 10.1. The monoisotopic (exact) mass is 415 g/mol. The number of benzene rings is 1. The van der Waals surface area contributed by atoms with Crippen molar-refractivity contribution in [2.24, 2.45) is 0 Å². The molecule has 1 aromatic carbocycles. The van der Waals surface area contributed by atoms with E-state index in [1.807, 2.05) is 11.8 Å². The number of nitrogens with zero attached hydrogens (tertiary/aromatic N) is 3. The highest BCUT2D eigenvalue weighted by atomic mass is 16.6. The number of likely N-dealkylation sites (N-methyl/N-ethyl adjacent to an activating group) is 1. The Bertz CT molecular complexity index is 933. The molecule has 0 atom stereocenters. The first-order valence-corrected chi connectivity index (χ1v) is 9.85. The SMILES string of the molecule is Cc1ccc(CN(C)C(=O)COC(=O)c2ccc(N3CCCCC3)c([N+](=O)[O-])c2)o1. The van der Waals surface area contributed by atoms with Gasteiger partial charge in [0, 0.05) is 26.2 Å². The minimum atomic E-state index is -0.779. The number of carbonyl (C=O) groups excluding carboxylic acids is 2. The smallest absolute Gasteiger partial charge is 0.338 e. The summed E-state index contributed by atoms with van der Waals surface area (Å²) in [4.78, 5) is 38.9. The quantitative estimate of drug-likeness (QED) is 0.388. The minimum absolute atomic E-state index is 0.0413. The van der Waals surface area contributed by atoms with Crippen LogP contribution >= 0.6 is 0 Å². The van der Waals surface area contributed by atoms with E-state index in [2.05, 4.69) is 0 Å². The molecular weight excluding hydrogens is 390 g/mol. The van der Waals surface area contributed by atoms with Gasteiger partial charge in [-0.05, 0) is 50.5 Å². The molecule has 0 saturated carbocycles. The number of nitro benzene ring substituents is 1. The Kier molecular flexibility index (Phi) is 6.71. The highest BCUT2D eigenvalue weighted by molar-refractivity contribution is 5.93. The summed E-state index contributed by atoms with van der Waals surface area (Å²) in [5, 5.41) is 11.5. The van der Waals surface area contributed by atoms with Crippen LogP contribution in [-0.2, 0) is 16.1 Å². The van der Waals surface area contributed by atoms with Crippen LogP contribution in [0, 0.1) is 17.0 Å². The Balaban J connectivity index is 1.62. The zero-order chi connectivity index (χ0) is 21.7. The first kappa shape index (κ1) is 21.4. The summed E-state index contributed by atoms with van der Waals surface area (Å²) < 4.78 is 10.5. The summed E-state index contributed by atoms with van der Waals surface area (Å²) in [5.41, 5.74) is 0.406. The molecule has 1 fully saturated rings. The van der Waals surface area contributed by atoms with E-state index < -0.39 is 23.4 Å². The van der Waals surface area contributed by atoms with Crippen molar-refractivity contribution in [2.45, 2.75) is 32.7 Å². The molecule has 9 nitrogen and oxygen atoms in total. The molecule has 1 aromatic heterocycles. The molecule has 30 heavy (non-hydrogen) atoms. The Hall–Kier alpha value is -3.36. The van der Waals surface area contributed by atoms with Crippen LogP contribution < -0.4 is 4.90 Å². The van der Waals surface area contributed by atoms with Crippen LogP contribution in [0.5, 0.6) is 0 Å². The van der Waals surface area contributed by atoms with Gasteiger partial charge in [0.1, 0.15) is 17.2 Å². The maximum absolute atomic E-state index is 12.3. The average Bonchev–Trinajstić information content (AvgIpc) is 3.16. The van der Waals surface area contributed by atoms with E-state index in [1.54, 1.807) is 25.2 Å². The average molecular weight is 415 g/mol. The topological polar surface area (TPSA) is 106 Å². The number of anilines is 1. The van der Waals surface area contributed by atoms with Crippen LogP contribution in [-0.4, -0.2) is 48.4 Å². The zero-order valence-electron chi connectivity index (χ0n) is 17.1. The highest BCUT2D eigenvalue weighted by Gasteiger charge is 2.24. The third-order valence-electron chi connectivity index (χ3n) is 5.05. The normalized spacial score (nSPS) is 13.7. The summed E-state index contributed by atoms with van der Waals surface area (Å²) in [6.07, 6.45) is 3.07. The molecule has 0 aliphatic carbocycles. The summed E-state index contributed by atoms with van der Waals surface area (Å²) in [6.45, 7) is 3.10. The van der Waals surface area contributed by atoms with Crippen LogP contribution in [0.2, 0.25) is 0 Å². The minimum Gasteiger partial charge on any atom is -0.464 e. The van der Waals surface area contributed by atoms with Crippen LogP contribution in [0.25, 0.3) is 0 Å². The van der Waals surface area contributed by atoms with Crippen molar-refractivity contribution in [2.75, 3.05) is 31.6 Å². The van der Waals surface area contributed by atoms with E-state index in [0.29, 0.717) is 11.4 Å². The van der Waals surface area contributed by atoms with E-state index >= 15 is 0 Å². The zero-order valence-corrected chi connectivity index (χ0v) is 17.1. The second kappa shape index (κ2) is 9.43. The van der Waals surface area contributed by atoms with Gasteiger partial charge in [-0.3, -0.25) is 14.9 Å². The Labute approximate surface area is 174 Å². The van der Waals surface area contributed by atoms with Crippen molar-refractivity contribution >= 4 is 23.3 Å². The second-order valence-corrected chi connectivity index (χ2v) is 7.35. The number of aryl methyl sites for hydroxylation is 1.